The van der Waals surface area contributed by atoms with E-state index in [1.807, 2.05) is 11.8 Å². The van der Waals surface area contributed by atoms with Crippen LogP contribution in [-0.2, 0) is 0 Å². The summed E-state index contributed by atoms with van der Waals surface area (Å²) in [5.74, 6) is 0. The topological polar surface area (TPSA) is 24.1 Å². The highest BCUT2D eigenvalue weighted by Crippen LogP contribution is 2.27. The van der Waals surface area contributed by atoms with Gasteiger partial charge in [-0.25, -0.2) is 5.43 Å². The summed E-state index contributed by atoms with van der Waals surface area (Å²) in [6.45, 7) is 7.66. The van der Waals surface area contributed by atoms with Crippen LogP contribution in [-0.4, -0.2) is 16.7 Å². The van der Waals surface area contributed by atoms with Crippen LogP contribution >= 0.6 is 11.8 Å². The van der Waals surface area contributed by atoms with Gasteiger partial charge in [-0.2, -0.15) is 0 Å². The Labute approximate surface area is 60.8 Å². The highest BCUT2D eigenvalue weighted by atomic mass is 32.2. The van der Waals surface area contributed by atoms with Crippen LogP contribution in [0.5, 0.6) is 0 Å². The van der Waals surface area contributed by atoms with E-state index in [0.29, 0.717) is 0 Å². The van der Waals surface area contributed by atoms with Crippen LogP contribution in [0.1, 0.15) is 20.8 Å². The fourth-order valence-electron chi connectivity index (χ4n) is 0.982. The number of hydrazine groups is 1. The Kier molecular flexibility index (Phi) is 2.03. The van der Waals surface area contributed by atoms with E-state index < -0.39 is 0 Å². The predicted molar refractivity (Wildman–Crippen MR) is 42.3 cm³/mol. The first kappa shape index (κ1) is 7.38. The minimum absolute atomic E-state index is 0.206. The Hall–Kier alpha value is 0.270. The molecule has 1 aliphatic rings. The fraction of sp³-hybridized carbons (Fsp3) is 1.00. The lowest BCUT2D eigenvalue weighted by Gasteiger charge is -2.34. The quantitative estimate of drug-likeness (QED) is 0.532. The number of nitrogens with one attached hydrogen (secondary N) is 2. The standard InChI is InChI=1S/C6H14N2S/c1-5-4-7-8-6(2,3)9-5/h5,7-8H,4H2,1-3H3. The molecule has 2 N–H and O–H groups in total. The van der Waals surface area contributed by atoms with Gasteiger partial charge < -0.3 is 0 Å². The van der Waals surface area contributed by atoms with Crippen molar-refractivity contribution in [3.05, 3.63) is 0 Å². The molecule has 1 atom stereocenters. The first-order chi connectivity index (χ1) is 4.10. The smallest absolute Gasteiger partial charge is 0.0721 e. The summed E-state index contributed by atoms with van der Waals surface area (Å²) < 4.78 is 0. The minimum Gasteiger partial charge on any atom is -0.255 e. The van der Waals surface area contributed by atoms with Crippen LogP contribution in [0.3, 0.4) is 0 Å². The van der Waals surface area contributed by atoms with E-state index in [1.54, 1.807) is 0 Å². The Bertz CT molecular complexity index is 103. The van der Waals surface area contributed by atoms with Gasteiger partial charge in [0.1, 0.15) is 0 Å². The molecule has 0 aliphatic carbocycles. The van der Waals surface area contributed by atoms with Crippen molar-refractivity contribution in [1.29, 1.82) is 0 Å². The third-order valence-corrected chi connectivity index (χ3v) is 2.54. The van der Waals surface area contributed by atoms with Gasteiger partial charge in [0, 0.05) is 11.8 Å². The fourth-order valence-corrected chi connectivity index (χ4v) is 2.29. The second kappa shape index (κ2) is 2.48. The SMILES string of the molecule is CC1CNNC(C)(C)S1. The molecule has 3 heteroatoms. The monoisotopic (exact) mass is 146 g/mol. The molecule has 54 valence electrons. The summed E-state index contributed by atoms with van der Waals surface area (Å²) in [7, 11) is 0. The molecule has 1 rings (SSSR count). The molecule has 0 radical (unpaired) electrons. The van der Waals surface area contributed by atoms with E-state index in [4.69, 9.17) is 0 Å². The molecular formula is C6H14N2S. The van der Waals surface area contributed by atoms with Crippen LogP contribution in [0.25, 0.3) is 0 Å². The second-order valence-corrected chi connectivity index (χ2v) is 5.01. The molecule has 2 nitrogen and oxygen atoms in total. The molecule has 1 fully saturated rings. The van der Waals surface area contributed by atoms with Crippen molar-refractivity contribution < 1.29 is 0 Å². The average Bonchev–Trinajstić information content (AvgIpc) is 1.60. The first-order valence-electron chi connectivity index (χ1n) is 3.28. The van der Waals surface area contributed by atoms with E-state index in [-0.39, 0.29) is 4.87 Å². The Morgan fingerprint density at radius 1 is 1.56 bits per heavy atom. The zero-order valence-electron chi connectivity index (χ0n) is 6.19. The largest absolute Gasteiger partial charge is 0.255 e. The number of hydrogen-bond acceptors (Lipinski definition) is 3. The van der Waals surface area contributed by atoms with Crippen molar-refractivity contribution in [2.45, 2.75) is 30.9 Å². The predicted octanol–water partition coefficient (Wildman–Crippen LogP) is 0.952. The van der Waals surface area contributed by atoms with Crippen LogP contribution in [0.4, 0.5) is 0 Å². The number of rotatable bonds is 0. The summed E-state index contributed by atoms with van der Waals surface area (Å²) >= 11 is 1.97. The van der Waals surface area contributed by atoms with Crippen molar-refractivity contribution in [2.24, 2.45) is 0 Å². The van der Waals surface area contributed by atoms with E-state index in [9.17, 15) is 0 Å². The van der Waals surface area contributed by atoms with Gasteiger partial charge in [0.2, 0.25) is 0 Å². The van der Waals surface area contributed by atoms with Gasteiger partial charge in [-0.1, -0.05) is 6.92 Å². The lowest BCUT2D eigenvalue weighted by atomic mass is 10.4. The lowest BCUT2D eigenvalue weighted by Crippen LogP contribution is -2.53. The molecule has 1 aliphatic heterocycles. The van der Waals surface area contributed by atoms with Crippen molar-refractivity contribution >= 4 is 11.8 Å². The Balaban J connectivity index is 2.41. The van der Waals surface area contributed by atoms with Crippen LogP contribution in [0, 0.1) is 0 Å². The van der Waals surface area contributed by atoms with Crippen LogP contribution in [0.2, 0.25) is 0 Å². The molecule has 0 aromatic rings. The first-order valence-corrected chi connectivity index (χ1v) is 4.16. The summed E-state index contributed by atoms with van der Waals surface area (Å²) in [6, 6.07) is 0. The highest BCUT2D eigenvalue weighted by molar-refractivity contribution is 8.01. The molecule has 0 amide bonds. The lowest BCUT2D eigenvalue weighted by molar-refractivity contribution is 0.421. The molecule has 0 bridgehead atoms. The van der Waals surface area contributed by atoms with Crippen molar-refractivity contribution in [2.75, 3.05) is 6.54 Å². The van der Waals surface area contributed by atoms with Gasteiger partial charge in [-0.3, -0.25) is 5.43 Å². The second-order valence-electron chi connectivity index (χ2n) is 2.94. The van der Waals surface area contributed by atoms with Gasteiger partial charge in [-0.15, -0.1) is 11.8 Å². The maximum absolute atomic E-state index is 3.20. The van der Waals surface area contributed by atoms with Crippen molar-refractivity contribution in [1.82, 2.24) is 10.9 Å². The van der Waals surface area contributed by atoms with Gasteiger partial charge >= 0.3 is 0 Å². The summed E-state index contributed by atoms with van der Waals surface area (Å²) in [5, 5.41) is 0.723. The summed E-state index contributed by atoms with van der Waals surface area (Å²) in [6.07, 6.45) is 0. The maximum Gasteiger partial charge on any atom is 0.0721 e. The van der Waals surface area contributed by atoms with Crippen molar-refractivity contribution in [3.63, 3.8) is 0 Å². The van der Waals surface area contributed by atoms with Gasteiger partial charge in [0.05, 0.1) is 4.87 Å². The van der Waals surface area contributed by atoms with Crippen LogP contribution < -0.4 is 10.9 Å². The van der Waals surface area contributed by atoms with Gasteiger partial charge in [-0.05, 0) is 13.8 Å². The summed E-state index contributed by atoms with van der Waals surface area (Å²) in [5.41, 5.74) is 6.36. The van der Waals surface area contributed by atoms with Gasteiger partial charge in [0.15, 0.2) is 0 Å². The molecule has 0 aromatic carbocycles. The number of hydrogen-bond donors (Lipinski definition) is 2. The molecule has 9 heavy (non-hydrogen) atoms. The summed E-state index contributed by atoms with van der Waals surface area (Å²) in [4.78, 5) is 0.206. The Morgan fingerprint density at radius 3 is 2.56 bits per heavy atom. The van der Waals surface area contributed by atoms with Crippen LogP contribution in [0.15, 0.2) is 0 Å². The average molecular weight is 146 g/mol. The van der Waals surface area contributed by atoms with E-state index in [0.717, 1.165) is 11.8 Å². The molecule has 1 unspecified atom stereocenters. The molecule has 0 saturated carbocycles. The molecule has 0 aromatic heterocycles. The minimum atomic E-state index is 0.206. The maximum atomic E-state index is 3.20. The third kappa shape index (κ3) is 2.16. The normalized spacial score (nSPS) is 34.3. The highest BCUT2D eigenvalue weighted by Gasteiger charge is 2.24. The zero-order chi connectivity index (χ0) is 6.91. The van der Waals surface area contributed by atoms with E-state index in [1.165, 1.54) is 0 Å². The molecule has 1 saturated heterocycles. The zero-order valence-corrected chi connectivity index (χ0v) is 7.01. The molecular weight excluding hydrogens is 132 g/mol. The molecule has 1 heterocycles. The van der Waals surface area contributed by atoms with Crippen molar-refractivity contribution in [3.8, 4) is 0 Å². The molecule has 0 spiro atoms. The number of thioether (sulfide) groups is 1. The Morgan fingerprint density at radius 2 is 2.22 bits per heavy atom. The van der Waals surface area contributed by atoms with E-state index >= 15 is 0 Å². The third-order valence-electron chi connectivity index (χ3n) is 1.27. The van der Waals surface area contributed by atoms with E-state index in [2.05, 4.69) is 31.6 Å². The van der Waals surface area contributed by atoms with Gasteiger partial charge in [0.25, 0.3) is 0 Å².